The van der Waals surface area contributed by atoms with E-state index in [4.69, 9.17) is 5.73 Å². The van der Waals surface area contributed by atoms with Crippen molar-refractivity contribution in [3.8, 4) is 0 Å². The molecule has 0 saturated heterocycles. The predicted molar refractivity (Wildman–Crippen MR) is 81.1 cm³/mol. The zero-order valence-electron chi connectivity index (χ0n) is 11.1. The largest absolute Gasteiger partial charge is 0.399 e. The topological polar surface area (TPSA) is 38.0 Å². The van der Waals surface area contributed by atoms with Crippen LogP contribution in [0.2, 0.25) is 0 Å². The van der Waals surface area contributed by atoms with Gasteiger partial charge in [-0.25, -0.2) is 0 Å². The molecule has 2 aromatic rings. The third kappa shape index (κ3) is 2.85. The highest BCUT2D eigenvalue weighted by Crippen LogP contribution is 2.31. The number of nitrogen functional groups attached to an aromatic ring is 1. The van der Waals surface area contributed by atoms with Crippen molar-refractivity contribution in [2.75, 3.05) is 11.1 Å². The monoisotopic (exact) mass is 260 g/mol. The lowest BCUT2D eigenvalue weighted by molar-refractivity contribution is 0.553. The lowest BCUT2D eigenvalue weighted by Gasteiger charge is -2.23. The van der Waals surface area contributed by atoms with Crippen molar-refractivity contribution in [2.45, 2.75) is 26.8 Å². The molecule has 0 aliphatic rings. The zero-order chi connectivity index (χ0) is 13.1. The Hall–Kier alpha value is -1.48. The van der Waals surface area contributed by atoms with Crippen LogP contribution in [-0.4, -0.2) is 0 Å². The third-order valence-corrected chi connectivity index (χ3v) is 4.03. The van der Waals surface area contributed by atoms with Crippen molar-refractivity contribution in [1.82, 2.24) is 0 Å². The summed E-state index contributed by atoms with van der Waals surface area (Å²) in [6, 6.07) is 10.7. The quantitative estimate of drug-likeness (QED) is 0.797. The average Bonchev–Trinajstić information content (AvgIpc) is 2.80. The van der Waals surface area contributed by atoms with Gasteiger partial charge in [0.1, 0.15) is 0 Å². The summed E-state index contributed by atoms with van der Waals surface area (Å²) in [5.74, 6) is 0.542. The van der Waals surface area contributed by atoms with Crippen LogP contribution in [0.4, 0.5) is 11.4 Å². The Balaban J connectivity index is 2.24. The number of anilines is 2. The molecule has 2 nitrogen and oxygen atoms in total. The summed E-state index contributed by atoms with van der Waals surface area (Å²) in [6.07, 6.45) is 0. The molecule has 0 spiro atoms. The second-order valence-electron chi connectivity index (χ2n) is 4.96. The van der Waals surface area contributed by atoms with Crippen LogP contribution in [0.3, 0.4) is 0 Å². The predicted octanol–water partition coefficient (Wildman–Crippen LogP) is 4.45. The highest BCUT2D eigenvalue weighted by molar-refractivity contribution is 7.10. The van der Waals surface area contributed by atoms with E-state index in [-0.39, 0.29) is 0 Å². The molecule has 3 heteroatoms. The van der Waals surface area contributed by atoms with Crippen molar-refractivity contribution in [3.05, 3.63) is 46.2 Å². The van der Waals surface area contributed by atoms with Gasteiger partial charge in [-0.2, -0.15) is 0 Å². The molecule has 3 N–H and O–H groups in total. The summed E-state index contributed by atoms with van der Waals surface area (Å²) < 4.78 is 0. The first-order valence-electron chi connectivity index (χ1n) is 6.24. The van der Waals surface area contributed by atoms with Gasteiger partial charge < -0.3 is 11.1 Å². The first-order chi connectivity index (χ1) is 8.58. The number of nitrogens with two attached hydrogens (primary N) is 1. The Bertz CT molecular complexity index is 503. The molecule has 0 radical (unpaired) electrons. The van der Waals surface area contributed by atoms with Crippen LogP contribution in [0.25, 0.3) is 0 Å². The van der Waals surface area contributed by atoms with Gasteiger partial charge in [0.05, 0.1) is 6.04 Å². The minimum absolute atomic E-state index is 0.354. The molecule has 18 heavy (non-hydrogen) atoms. The van der Waals surface area contributed by atoms with Gasteiger partial charge in [0.2, 0.25) is 0 Å². The Labute approximate surface area is 113 Å². The van der Waals surface area contributed by atoms with E-state index >= 15 is 0 Å². The van der Waals surface area contributed by atoms with Crippen molar-refractivity contribution in [1.29, 1.82) is 0 Å². The van der Waals surface area contributed by atoms with Gasteiger partial charge in [0.25, 0.3) is 0 Å². The third-order valence-electron chi connectivity index (χ3n) is 3.08. The maximum Gasteiger partial charge on any atom is 0.0629 e. The standard InChI is InChI=1S/C15H20N2S/c1-10(2)15(14-5-4-8-18-14)17-13-7-6-12(16)9-11(13)3/h4-10,15,17H,16H2,1-3H3. The minimum atomic E-state index is 0.354. The SMILES string of the molecule is Cc1cc(N)ccc1NC(c1cccs1)C(C)C. The fourth-order valence-corrected chi connectivity index (χ4v) is 3.00. The molecule has 0 amide bonds. The van der Waals surface area contributed by atoms with Gasteiger partial charge in [0, 0.05) is 16.3 Å². The number of hydrogen-bond acceptors (Lipinski definition) is 3. The van der Waals surface area contributed by atoms with Gasteiger partial charge in [-0.1, -0.05) is 19.9 Å². The summed E-state index contributed by atoms with van der Waals surface area (Å²) in [6.45, 7) is 6.57. The lowest BCUT2D eigenvalue weighted by atomic mass is 10.0. The molecule has 96 valence electrons. The van der Waals surface area contributed by atoms with Crippen LogP contribution in [0.15, 0.2) is 35.7 Å². The summed E-state index contributed by atoms with van der Waals surface area (Å²) in [7, 11) is 0. The molecule has 1 aromatic heterocycles. The maximum absolute atomic E-state index is 5.79. The van der Waals surface area contributed by atoms with E-state index in [2.05, 4.69) is 49.7 Å². The van der Waals surface area contributed by atoms with E-state index in [1.165, 1.54) is 10.4 Å². The van der Waals surface area contributed by atoms with Gasteiger partial charge in [-0.05, 0) is 48.1 Å². The molecule has 0 bridgehead atoms. The van der Waals surface area contributed by atoms with E-state index in [9.17, 15) is 0 Å². The van der Waals surface area contributed by atoms with E-state index in [1.54, 1.807) is 11.3 Å². The van der Waals surface area contributed by atoms with Gasteiger partial charge in [0.15, 0.2) is 0 Å². The molecule has 1 aromatic carbocycles. The van der Waals surface area contributed by atoms with Crippen LogP contribution >= 0.6 is 11.3 Å². The highest BCUT2D eigenvalue weighted by Gasteiger charge is 2.17. The number of rotatable bonds is 4. The van der Waals surface area contributed by atoms with Crippen LogP contribution in [-0.2, 0) is 0 Å². The van der Waals surface area contributed by atoms with E-state index < -0.39 is 0 Å². The van der Waals surface area contributed by atoms with Crippen LogP contribution in [0.1, 0.15) is 30.3 Å². The minimum Gasteiger partial charge on any atom is -0.399 e. The Kier molecular flexibility index (Phi) is 3.92. The second kappa shape index (κ2) is 5.44. The molecule has 0 fully saturated rings. The Morgan fingerprint density at radius 1 is 1.22 bits per heavy atom. The number of aryl methyl sites for hydroxylation is 1. The Morgan fingerprint density at radius 3 is 2.56 bits per heavy atom. The number of hydrogen-bond donors (Lipinski definition) is 2. The van der Waals surface area contributed by atoms with E-state index in [0.717, 1.165) is 11.4 Å². The molecule has 0 saturated carbocycles. The summed E-state index contributed by atoms with van der Waals surface area (Å²) in [4.78, 5) is 1.38. The first kappa shape index (κ1) is 13.0. The molecule has 0 aliphatic heterocycles. The summed E-state index contributed by atoms with van der Waals surface area (Å²) in [5.41, 5.74) is 8.96. The first-order valence-corrected chi connectivity index (χ1v) is 7.12. The zero-order valence-corrected chi connectivity index (χ0v) is 11.9. The highest BCUT2D eigenvalue weighted by atomic mass is 32.1. The molecule has 2 rings (SSSR count). The number of nitrogens with one attached hydrogen (secondary N) is 1. The van der Waals surface area contributed by atoms with Gasteiger partial charge in [-0.3, -0.25) is 0 Å². The fraction of sp³-hybridized carbons (Fsp3) is 0.333. The van der Waals surface area contributed by atoms with Crippen molar-refractivity contribution in [3.63, 3.8) is 0 Å². The Morgan fingerprint density at radius 2 is 2.00 bits per heavy atom. The van der Waals surface area contributed by atoms with Gasteiger partial charge >= 0.3 is 0 Å². The lowest BCUT2D eigenvalue weighted by Crippen LogP contribution is -2.16. The molecule has 1 atom stereocenters. The maximum atomic E-state index is 5.79. The molecular weight excluding hydrogens is 240 g/mol. The van der Waals surface area contributed by atoms with E-state index in [0.29, 0.717) is 12.0 Å². The summed E-state index contributed by atoms with van der Waals surface area (Å²) in [5, 5.41) is 5.76. The number of thiophene rings is 1. The summed E-state index contributed by atoms with van der Waals surface area (Å²) >= 11 is 1.80. The molecular formula is C15H20N2S. The van der Waals surface area contributed by atoms with Crippen molar-refractivity contribution >= 4 is 22.7 Å². The van der Waals surface area contributed by atoms with Crippen LogP contribution in [0, 0.1) is 12.8 Å². The van der Waals surface area contributed by atoms with Crippen molar-refractivity contribution < 1.29 is 0 Å². The van der Waals surface area contributed by atoms with Gasteiger partial charge in [-0.15, -0.1) is 11.3 Å². The fourth-order valence-electron chi connectivity index (χ4n) is 2.05. The number of benzene rings is 1. The van der Waals surface area contributed by atoms with Crippen LogP contribution in [0.5, 0.6) is 0 Å². The van der Waals surface area contributed by atoms with Crippen LogP contribution < -0.4 is 11.1 Å². The smallest absolute Gasteiger partial charge is 0.0629 e. The molecule has 1 unspecified atom stereocenters. The van der Waals surface area contributed by atoms with E-state index in [1.807, 2.05) is 12.1 Å². The van der Waals surface area contributed by atoms with Crippen molar-refractivity contribution in [2.24, 2.45) is 5.92 Å². The second-order valence-corrected chi connectivity index (χ2v) is 5.94. The molecule has 1 heterocycles. The average molecular weight is 260 g/mol. The molecule has 0 aliphatic carbocycles. The normalized spacial score (nSPS) is 12.7.